The van der Waals surface area contributed by atoms with Gasteiger partial charge >= 0.3 is 12.1 Å². The molecule has 28 heavy (non-hydrogen) atoms. The van der Waals surface area contributed by atoms with Crippen LogP contribution in [0, 0.1) is 0 Å². The topological polar surface area (TPSA) is 143 Å². The van der Waals surface area contributed by atoms with E-state index < -0.39 is 47.5 Å². The maximum atomic E-state index is 12.4. The van der Waals surface area contributed by atoms with Gasteiger partial charge in [-0.3, -0.25) is 24.6 Å². The number of carbonyl (C=O) groups is 5. The Morgan fingerprint density at radius 3 is 1.96 bits per heavy atom. The molecule has 4 amide bonds. The summed E-state index contributed by atoms with van der Waals surface area (Å²) in [5.41, 5.74) is 0.0634. The van der Waals surface area contributed by atoms with E-state index in [9.17, 15) is 24.0 Å². The number of rotatable bonds is 7. The zero-order chi connectivity index (χ0) is 22.1. The van der Waals surface area contributed by atoms with Gasteiger partial charge in [0.25, 0.3) is 5.91 Å². The van der Waals surface area contributed by atoms with Crippen LogP contribution in [0.25, 0.3) is 0 Å². The largest absolute Gasteiger partial charge is 0.468 e. The predicted octanol–water partition coefficient (Wildman–Crippen LogP) is -0.151. The normalized spacial score (nSPS) is 11.1. The lowest BCUT2D eigenvalue weighted by Gasteiger charge is -2.36. The van der Waals surface area contributed by atoms with Crippen molar-refractivity contribution < 1.29 is 33.4 Å². The van der Waals surface area contributed by atoms with Gasteiger partial charge in [-0.1, -0.05) is 6.92 Å². The molecule has 0 aliphatic rings. The number of hydrogen-bond donors (Lipinski definition) is 3. The zero-order valence-electron chi connectivity index (χ0n) is 17.4. The fourth-order valence-electron chi connectivity index (χ4n) is 1.85. The SMILES string of the molecule is CCC(=O)N(NC(=O)CNC(=O)OC(C)(C)C)C(C)(C)C(=O)NCC(=O)OC. The minimum absolute atomic E-state index is 0.00743. The molecule has 0 aromatic heterocycles. The molecule has 0 fully saturated rings. The molecule has 0 heterocycles. The second-order valence-corrected chi connectivity index (χ2v) is 7.29. The van der Waals surface area contributed by atoms with Gasteiger partial charge in [-0.25, -0.2) is 9.80 Å². The van der Waals surface area contributed by atoms with E-state index in [-0.39, 0.29) is 13.0 Å². The summed E-state index contributed by atoms with van der Waals surface area (Å²) in [4.78, 5) is 59.6. The number of nitrogens with zero attached hydrogens (tertiary/aromatic N) is 1. The van der Waals surface area contributed by atoms with E-state index >= 15 is 0 Å². The van der Waals surface area contributed by atoms with Crippen molar-refractivity contribution in [2.45, 2.75) is 59.1 Å². The van der Waals surface area contributed by atoms with Gasteiger partial charge in [0.15, 0.2) is 0 Å². The number of amides is 4. The first-order valence-corrected chi connectivity index (χ1v) is 8.69. The van der Waals surface area contributed by atoms with E-state index in [1.165, 1.54) is 21.0 Å². The Labute approximate surface area is 164 Å². The lowest BCUT2D eigenvalue weighted by atomic mass is 10.0. The van der Waals surface area contributed by atoms with Crippen LogP contribution in [0.1, 0.15) is 48.0 Å². The maximum Gasteiger partial charge on any atom is 0.408 e. The van der Waals surface area contributed by atoms with Crippen molar-refractivity contribution in [3.05, 3.63) is 0 Å². The highest BCUT2D eigenvalue weighted by Crippen LogP contribution is 2.14. The number of carbonyl (C=O) groups excluding carboxylic acids is 5. The molecule has 0 radical (unpaired) electrons. The third-order valence-corrected chi connectivity index (χ3v) is 3.32. The standard InChI is InChI=1S/C17H30N4O7/c1-8-12(23)21(17(5,6)14(25)18-10-13(24)27-7)20-11(22)9-19-15(26)28-16(2,3)4/h8-10H2,1-7H3,(H,18,25)(H,19,26)(H,20,22). The van der Waals surface area contributed by atoms with Crippen molar-refractivity contribution >= 4 is 29.8 Å². The van der Waals surface area contributed by atoms with Crippen LogP contribution >= 0.6 is 0 Å². The third-order valence-electron chi connectivity index (χ3n) is 3.32. The van der Waals surface area contributed by atoms with Crippen molar-refractivity contribution in [2.75, 3.05) is 20.2 Å². The van der Waals surface area contributed by atoms with Crippen LogP contribution < -0.4 is 16.1 Å². The first-order valence-electron chi connectivity index (χ1n) is 8.69. The molecule has 0 atom stereocenters. The number of methoxy groups -OCH3 is 1. The van der Waals surface area contributed by atoms with Gasteiger partial charge in [-0.15, -0.1) is 0 Å². The molecular weight excluding hydrogens is 372 g/mol. The van der Waals surface area contributed by atoms with Gasteiger partial charge in [-0.2, -0.15) is 0 Å². The molecule has 0 aromatic rings. The summed E-state index contributed by atoms with van der Waals surface area (Å²) in [6.45, 7) is 8.51. The number of hydrogen-bond acceptors (Lipinski definition) is 7. The predicted molar refractivity (Wildman–Crippen MR) is 98.6 cm³/mol. The van der Waals surface area contributed by atoms with Crippen LogP contribution in [0.2, 0.25) is 0 Å². The lowest BCUT2D eigenvalue weighted by Crippen LogP contribution is -2.64. The molecule has 0 aromatic carbocycles. The molecule has 0 saturated heterocycles. The van der Waals surface area contributed by atoms with Crippen LogP contribution in [0.3, 0.4) is 0 Å². The summed E-state index contributed by atoms with van der Waals surface area (Å²) < 4.78 is 9.45. The molecule has 0 saturated carbocycles. The highest BCUT2D eigenvalue weighted by Gasteiger charge is 2.39. The van der Waals surface area contributed by atoms with Crippen molar-refractivity contribution in [2.24, 2.45) is 0 Å². The van der Waals surface area contributed by atoms with Crippen LogP contribution in [0.15, 0.2) is 0 Å². The van der Waals surface area contributed by atoms with Gasteiger partial charge in [0.05, 0.1) is 7.11 Å². The second-order valence-electron chi connectivity index (χ2n) is 7.29. The third kappa shape index (κ3) is 8.69. The minimum atomic E-state index is -1.51. The number of alkyl carbamates (subject to hydrolysis) is 1. The minimum Gasteiger partial charge on any atom is -0.468 e. The maximum absolute atomic E-state index is 12.4. The van der Waals surface area contributed by atoms with Crippen LogP contribution in [-0.4, -0.2) is 66.1 Å². The molecule has 0 bridgehead atoms. The zero-order valence-corrected chi connectivity index (χ0v) is 17.4. The Morgan fingerprint density at radius 2 is 1.50 bits per heavy atom. The van der Waals surface area contributed by atoms with Crippen molar-refractivity contribution in [1.29, 1.82) is 0 Å². The quantitative estimate of drug-likeness (QED) is 0.397. The number of ether oxygens (including phenoxy) is 2. The Balaban J connectivity index is 5.04. The van der Waals surface area contributed by atoms with Crippen molar-refractivity contribution in [3.8, 4) is 0 Å². The van der Waals surface area contributed by atoms with E-state index in [2.05, 4.69) is 20.8 Å². The van der Waals surface area contributed by atoms with Crippen LogP contribution in [0.5, 0.6) is 0 Å². The van der Waals surface area contributed by atoms with Crippen LogP contribution in [0.4, 0.5) is 4.79 Å². The summed E-state index contributed by atoms with van der Waals surface area (Å²) >= 11 is 0. The average molecular weight is 402 g/mol. The van der Waals surface area contributed by atoms with Gasteiger partial charge in [0.2, 0.25) is 11.8 Å². The first-order chi connectivity index (χ1) is 12.7. The molecular formula is C17H30N4O7. The molecule has 11 nitrogen and oxygen atoms in total. The Bertz CT molecular complexity index is 611. The van der Waals surface area contributed by atoms with Gasteiger partial charge in [0, 0.05) is 6.42 Å². The molecule has 3 N–H and O–H groups in total. The van der Waals surface area contributed by atoms with E-state index in [0.29, 0.717) is 0 Å². The van der Waals surface area contributed by atoms with E-state index in [4.69, 9.17) is 4.74 Å². The van der Waals surface area contributed by atoms with E-state index in [0.717, 1.165) is 5.01 Å². The monoisotopic (exact) mass is 402 g/mol. The Kier molecular flexibility index (Phi) is 9.41. The smallest absolute Gasteiger partial charge is 0.408 e. The molecule has 0 unspecified atom stereocenters. The molecule has 11 heteroatoms. The molecule has 160 valence electrons. The van der Waals surface area contributed by atoms with E-state index in [1.54, 1.807) is 27.7 Å². The first kappa shape index (κ1) is 25.1. The lowest BCUT2D eigenvalue weighted by molar-refractivity contribution is -0.155. The van der Waals surface area contributed by atoms with Gasteiger partial charge < -0.3 is 20.1 Å². The summed E-state index contributed by atoms with van der Waals surface area (Å²) in [6.07, 6.45) is -0.792. The van der Waals surface area contributed by atoms with E-state index in [1.807, 2.05) is 0 Å². The fourth-order valence-corrected chi connectivity index (χ4v) is 1.85. The Hall–Kier alpha value is -2.85. The second kappa shape index (κ2) is 10.5. The molecule has 0 rings (SSSR count). The van der Waals surface area contributed by atoms with Crippen LogP contribution in [-0.2, 0) is 28.7 Å². The fraction of sp³-hybridized carbons (Fsp3) is 0.706. The molecule has 0 aliphatic carbocycles. The van der Waals surface area contributed by atoms with Gasteiger partial charge in [0.1, 0.15) is 24.2 Å². The van der Waals surface area contributed by atoms with Crippen molar-refractivity contribution in [1.82, 2.24) is 21.1 Å². The summed E-state index contributed by atoms with van der Waals surface area (Å²) in [5, 5.41) is 5.45. The molecule has 0 aliphatic heterocycles. The summed E-state index contributed by atoms with van der Waals surface area (Å²) in [6, 6.07) is 0. The highest BCUT2D eigenvalue weighted by molar-refractivity contribution is 5.94. The number of hydrazine groups is 1. The summed E-state index contributed by atoms with van der Waals surface area (Å²) in [7, 11) is 1.17. The van der Waals surface area contributed by atoms with Crippen molar-refractivity contribution in [3.63, 3.8) is 0 Å². The Morgan fingerprint density at radius 1 is 0.929 bits per heavy atom. The summed E-state index contributed by atoms with van der Waals surface area (Å²) in [5.74, 6) is -2.62. The molecule has 0 spiro atoms. The average Bonchev–Trinajstić information content (AvgIpc) is 2.59. The van der Waals surface area contributed by atoms with Gasteiger partial charge in [-0.05, 0) is 34.6 Å². The number of nitrogens with one attached hydrogen (secondary N) is 3. The highest BCUT2D eigenvalue weighted by atomic mass is 16.6. The number of esters is 1.